The van der Waals surface area contributed by atoms with Crippen molar-refractivity contribution in [3.63, 3.8) is 0 Å². The van der Waals surface area contributed by atoms with E-state index in [2.05, 4.69) is 20.1 Å². The second kappa shape index (κ2) is 9.82. The van der Waals surface area contributed by atoms with Gasteiger partial charge in [-0.25, -0.2) is 9.37 Å². The van der Waals surface area contributed by atoms with Gasteiger partial charge in [0.2, 0.25) is 5.91 Å². The number of rotatable bonds is 6. The molecule has 0 atom stereocenters. The number of aromatic nitrogens is 1. The third-order valence-corrected chi connectivity index (χ3v) is 6.03. The van der Waals surface area contributed by atoms with Gasteiger partial charge in [-0.3, -0.25) is 9.69 Å². The zero-order chi connectivity index (χ0) is 20.8. The second-order valence-electron chi connectivity index (χ2n) is 7.46. The van der Waals surface area contributed by atoms with E-state index in [9.17, 15) is 9.18 Å². The van der Waals surface area contributed by atoms with Crippen molar-refractivity contribution in [1.82, 2.24) is 9.88 Å². The Balaban J connectivity index is 1.30. The van der Waals surface area contributed by atoms with Crippen molar-refractivity contribution in [2.24, 2.45) is 0 Å². The monoisotopic (exact) mass is 424 g/mol. The molecule has 2 aromatic heterocycles. The number of hydrogen-bond acceptors (Lipinski definition) is 5. The maximum atomic E-state index is 13.4. The number of benzene rings is 1. The summed E-state index contributed by atoms with van der Waals surface area (Å²) >= 11 is 1.58. The number of amides is 1. The van der Waals surface area contributed by atoms with Crippen molar-refractivity contribution in [1.29, 1.82) is 0 Å². The van der Waals surface area contributed by atoms with Gasteiger partial charge in [-0.15, -0.1) is 11.3 Å². The van der Waals surface area contributed by atoms with Crippen molar-refractivity contribution >= 4 is 28.7 Å². The number of carbonyl (C=O) groups excluding carboxylic acids is 1. The summed E-state index contributed by atoms with van der Waals surface area (Å²) in [6.07, 6.45) is 3.13. The van der Waals surface area contributed by atoms with Gasteiger partial charge < -0.3 is 10.2 Å². The van der Waals surface area contributed by atoms with Crippen LogP contribution >= 0.6 is 11.3 Å². The molecule has 3 heterocycles. The molecule has 30 heavy (non-hydrogen) atoms. The Labute approximate surface area is 180 Å². The van der Waals surface area contributed by atoms with Crippen LogP contribution in [0.4, 0.5) is 15.9 Å². The maximum Gasteiger partial charge on any atom is 0.229 e. The number of hydrogen-bond donors (Lipinski definition) is 1. The Morgan fingerprint density at radius 3 is 2.80 bits per heavy atom. The molecule has 0 spiro atoms. The lowest BCUT2D eigenvalue weighted by Crippen LogP contribution is -2.31. The van der Waals surface area contributed by atoms with Gasteiger partial charge in [-0.05, 0) is 47.7 Å². The number of nitrogens with one attached hydrogen (secondary N) is 1. The molecular formula is C23H25FN4OS. The lowest BCUT2D eigenvalue weighted by atomic mass is 10.2. The molecule has 7 heteroatoms. The fourth-order valence-corrected chi connectivity index (χ4v) is 4.38. The van der Waals surface area contributed by atoms with Crippen LogP contribution in [-0.2, 0) is 17.8 Å². The minimum absolute atomic E-state index is 0.0326. The van der Waals surface area contributed by atoms with Crippen LogP contribution in [0.25, 0.3) is 0 Å². The zero-order valence-electron chi connectivity index (χ0n) is 16.8. The summed E-state index contributed by atoms with van der Waals surface area (Å²) in [6.45, 7) is 4.43. The Morgan fingerprint density at radius 2 is 2.03 bits per heavy atom. The van der Waals surface area contributed by atoms with E-state index in [1.165, 1.54) is 6.07 Å². The van der Waals surface area contributed by atoms with Crippen molar-refractivity contribution in [2.45, 2.75) is 19.4 Å². The third kappa shape index (κ3) is 5.64. The van der Waals surface area contributed by atoms with Crippen LogP contribution in [0, 0.1) is 5.82 Å². The number of halogens is 1. The smallest absolute Gasteiger partial charge is 0.229 e. The number of anilines is 2. The Bertz CT molecular complexity index is 962. The van der Waals surface area contributed by atoms with Gasteiger partial charge in [0.1, 0.15) is 11.6 Å². The summed E-state index contributed by atoms with van der Waals surface area (Å²) in [5, 5.41) is 4.88. The number of nitrogens with zero attached hydrogens (tertiary/aromatic N) is 3. The minimum atomic E-state index is -0.185. The fourth-order valence-electron chi connectivity index (χ4n) is 3.68. The first kappa shape index (κ1) is 20.5. The molecule has 156 valence electrons. The highest BCUT2D eigenvalue weighted by Crippen LogP contribution is 2.18. The molecule has 1 aliphatic rings. The van der Waals surface area contributed by atoms with E-state index in [0.717, 1.165) is 55.4 Å². The van der Waals surface area contributed by atoms with E-state index < -0.39 is 0 Å². The molecule has 0 bridgehead atoms. The summed E-state index contributed by atoms with van der Waals surface area (Å²) in [6, 6.07) is 14.6. The molecule has 1 fully saturated rings. The van der Waals surface area contributed by atoms with E-state index in [1.54, 1.807) is 29.7 Å². The van der Waals surface area contributed by atoms with Crippen LogP contribution in [0.3, 0.4) is 0 Å². The molecule has 0 saturated carbocycles. The molecule has 3 aromatic rings. The molecule has 0 radical (unpaired) electrons. The first-order valence-electron chi connectivity index (χ1n) is 10.2. The summed E-state index contributed by atoms with van der Waals surface area (Å²) in [5.74, 6) is 0.698. The summed E-state index contributed by atoms with van der Waals surface area (Å²) in [7, 11) is 0. The number of thiophene rings is 1. The first-order valence-corrected chi connectivity index (χ1v) is 11.0. The average molecular weight is 425 g/mol. The van der Waals surface area contributed by atoms with Gasteiger partial charge in [0, 0.05) is 37.6 Å². The first-order chi connectivity index (χ1) is 14.7. The molecule has 1 saturated heterocycles. The van der Waals surface area contributed by atoms with Gasteiger partial charge in [-0.1, -0.05) is 18.2 Å². The standard InChI is InChI=1S/C23H25FN4OS/c24-19-5-1-4-18(14-19)17-27-9-3-10-28(12-11-27)22-8-7-20(16-25-22)26-23(29)15-21-6-2-13-30-21/h1-2,4-8,13-14,16H,3,9-12,15,17H2,(H,26,29). The molecule has 5 nitrogen and oxygen atoms in total. The minimum Gasteiger partial charge on any atom is -0.355 e. The SMILES string of the molecule is O=C(Cc1cccs1)Nc1ccc(N2CCCN(Cc3cccc(F)c3)CC2)nc1. The molecular weight excluding hydrogens is 399 g/mol. The predicted octanol–water partition coefficient (Wildman–Crippen LogP) is 4.18. The van der Waals surface area contributed by atoms with Crippen molar-refractivity contribution in [3.05, 3.63) is 76.4 Å². The van der Waals surface area contributed by atoms with Gasteiger partial charge in [0.05, 0.1) is 18.3 Å². The molecule has 1 N–H and O–H groups in total. The van der Waals surface area contributed by atoms with Gasteiger partial charge >= 0.3 is 0 Å². The summed E-state index contributed by atoms with van der Waals surface area (Å²) in [4.78, 5) is 22.4. The van der Waals surface area contributed by atoms with Crippen LogP contribution in [0.15, 0.2) is 60.1 Å². The predicted molar refractivity (Wildman–Crippen MR) is 119 cm³/mol. The third-order valence-electron chi connectivity index (χ3n) is 5.15. The summed E-state index contributed by atoms with van der Waals surface area (Å²) in [5.41, 5.74) is 1.71. The van der Waals surface area contributed by atoms with E-state index in [4.69, 9.17) is 0 Å². The summed E-state index contributed by atoms with van der Waals surface area (Å²) < 4.78 is 13.4. The maximum absolute atomic E-state index is 13.4. The molecule has 4 rings (SSSR count). The van der Waals surface area contributed by atoms with E-state index in [1.807, 2.05) is 35.7 Å². The molecule has 1 aromatic carbocycles. The highest BCUT2D eigenvalue weighted by Gasteiger charge is 2.16. The van der Waals surface area contributed by atoms with Crippen molar-refractivity contribution in [2.75, 3.05) is 36.4 Å². The lowest BCUT2D eigenvalue weighted by Gasteiger charge is -2.23. The van der Waals surface area contributed by atoms with Gasteiger partial charge in [0.15, 0.2) is 0 Å². The largest absolute Gasteiger partial charge is 0.355 e. The second-order valence-corrected chi connectivity index (χ2v) is 8.49. The Morgan fingerprint density at radius 1 is 1.10 bits per heavy atom. The zero-order valence-corrected chi connectivity index (χ0v) is 17.6. The highest BCUT2D eigenvalue weighted by molar-refractivity contribution is 7.10. The van der Waals surface area contributed by atoms with Gasteiger partial charge in [0.25, 0.3) is 0 Å². The van der Waals surface area contributed by atoms with Crippen LogP contribution in [0.5, 0.6) is 0 Å². The quantitative estimate of drug-likeness (QED) is 0.645. The Hall–Kier alpha value is -2.77. The van der Waals surface area contributed by atoms with Crippen LogP contribution in [0.1, 0.15) is 16.9 Å². The lowest BCUT2D eigenvalue weighted by molar-refractivity contribution is -0.115. The molecule has 0 aliphatic carbocycles. The molecule has 1 amide bonds. The van der Waals surface area contributed by atoms with E-state index in [-0.39, 0.29) is 11.7 Å². The molecule has 1 aliphatic heterocycles. The van der Waals surface area contributed by atoms with E-state index >= 15 is 0 Å². The van der Waals surface area contributed by atoms with Crippen LogP contribution in [-0.4, -0.2) is 42.0 Å². The van der Waals surface area contributed by atoms with Crippen LogP contribution in [0.2, 0.25) is 0 Å². The van der Waals surface area contributed by atoms with Crippen LogP contribution < -0.4 is 10.2 Å². The van der Waals surface area contributed by atoms with Crippen molar-refractivity contribution in [3.8, 4) is 0 Å². The molecule has 0 unspecified atom stereocenters. The highest BCUT2D eigenvalue weighted by atomic mass is 32.1. The van der Waals surface area contributed by atoms with Crippen molar-refractivity contribution < 1.29 is 9.18 Å². The number of carbonyl (C=O) groups is 1. The van der Waals surface area contributed by atoms with Gasteiger partial charge in [-0.2, -0.15) is 0 Å². The average Bonchev–Trinajstić information content (AvgIpc) is 3.13. The topological polar surface area (TPSA) is 48.5 Å². The normalized spacial score (nSPS) is 15.0. The fraction of sp³-hybridized carbons (Fsp3) is 0.304. The number of pyridine rings is 1. The Kier molecular flexibility index (Phi) is 6.71. The van der Waals surface area contributed by atoms with E-state index in [0.29, 0.717) is 12.1 Å².